The van der Waals surface area contributed by atoms with E-state index in [1.54, 1.807) is 7.11 Å². The number of anilines is 1. The Hall–Kier alpha value is -1.42. The fourth-order valence-electron chi connectivity index (χ4n) is 4.32. The average Bonchev–Trinajstić information content (AvgIpc) is 3.37. The Morgan fingerprint density at radius 1 is 1.08 bits per heavy atom. The normalized spacial score (nSPS) is 29.0. The first kappa shape index (κ1) is 16.1. The smallest absolute Gasteiger partial charge is 0.162 e. The summed E-state index contributed by atoms with van der Waals surface area (Å²) in [6.07, 6.45) is 7.96. The second-order valence-electron chi connectivity index (χ2n) is 8.27. The second kappa shape index (κ2) is 6.14. The lowest BCUT2D eigenvalue weighted by atomic mass is 9.83. The van der Waals surface area contributed by atoms with E-state index in [9.17, 15) is 0 Å². The van der Waals surface area contributed by atoms with Crippen molar-refractivity contribution in [1.29, 1.82) is 0 Å². The Kier molecular flexibility index (Phi) is 4.11. The highest BCUT2D eigenvalue weighted by Crippen LogP contribution is 2.39. The van der Waals surface area contributed by atoms with Gasteiger partial charge >= 0.3 is 0 Å². The van der Waals surface area contributed by atoms with Crippen molar-refractivity contribution in [3.8, 4) is 11.5 Å². The fraction of sp³-hybridized carbons (Fsp3) is 0.700. The van der Waals surface area contributed by atoms with Crippen molar-refractivity contribution < 1.29 is 9.47 Å². The molecule has 0 bridgehead atoms. The van der Waals surface area contributed by atoms with Crippen LogP contribution >= 0.6 is 0 Å². The molecular formula is C20H30N2O2. The number of rotatable bonds is 4. The zero-order valence-corrected chi connectivity index (χ0v) is 15.2. The quantitative estimate of drug-likeness (QED) is 0.912. The van der Waals surface area contributed by atoms with Crippen LogP contribution < -0.4 is 19.7 Å². The Morgan fingerprint density at radius 2 is 1.88 bits per heavy atom. The van der Waals surface area contributed by atoms with E-state index in [-0.39, 0.29) is 5.54 Å². The highest BCUT2D eigenvalue weighted by atomic mass is 16.5. The number of nitrogens with zero attached hydrogens (tertiary/aromatic N) is 1. The van der Waals surface area contributed by atoms with Crippen molar-refractivity contribution in [2.75, 3.05) is 18.6 Å². The van der Waals surface area contributed by atoms with Gasteiger partial charge in [-0.3, -0.25) is 0 Å². The zero-order chi connectivity index (χ0) is 16.7. The topological polar surface area (TPSA) is 33.7 Å². The Balaban J connectivity index is 1.62. The molecule has 2 saturated carbocycles. The summed E-state index contributed by atoms with van der Waals surface area (Å²) < 4.78 is 11.6. The van der Waals surface area contributed by atoms with E-state index in [1.165, 1.54) is 44.2 Å². The summed E-state index contributed by atoms with van der Waals surface area (Å²) in [7, 11) is 1.74. The third-order valence-corrected chi connectivity index (χ3v) is 5.57. The number of hydrogen-bond acceptors (Lipinski definition) is 4. The number of fused-ring (bicyclic) bond motifs is 1. The highest BCUT2D eigenvalue weighted by molar-refractivity contribution is 5.58. The van der Waals surface area contributed by atoms with Gasteiger partial charge in [0.25, 0.3) is 0 Å². The third kappa shape index (κ3) is 3.21. The second-order valence-corrected chi connectivity index (χ2v) is 8.27. The van der Waals surface area contributed by atoms with E-state index in [0.29, 0.717) is 18.2 Å². The van der Waals surface area contributed by atoms with Crippen LogP contribution in [0, 0.1) is 0 Å². The monoisotopic (exact) mass is 330 g/mol. The van der Waals surface area contributed by atoms with Crippen LogP contribution in [0.5, 0.6) is 11.5 Å². The molecule has 1 aromatic rings. The van der Waals surface area contributed by atoms with Gasteiger partial charge in [-0.15, -0.1) is 0 Å². The lowest BCUT2D eigenvalue weighted by Crippen LogP contribution is -2.67. The van der Waals surface area contributed by atoms with Gasteiger partial charge in [0, 0.05) is 35.9 Å². The molecule has 24 heavy (non-hydrogen) atoms. The van der Waals surface area contributed by atoms with Crippen molar-refractivity contribution in [3.63, 3.8) is 0 Å². The third-order valence-electron chi connectivity index (χ3n) is 5.57. The van der Waals surface area contributed by atoms with Crippen LogP contribution in [0.1, 0.15) is 52.4 Å². The maximum atomic E-state index is 5.98. The van der Waals surface area contributed by atoms with Crippen molar-refractivity contribution >= 4 is 5.69 Å². The van der Waals surface area contributed by atoms with Gasteiger partial charge < -0.3 is 19.7 Å². The van der Waals surface area contributed by atoms with Crippen LogP contribution in [0.15, 0.2) is 18.2 Å². The summed E-state index contributed by atoms with van der Waals surface area (Å²) >= 11 is 0. The largest absolute Gasteiger partial charge is 0.493 e. The molecular weight excluding hydrogens is 300 g/mol. The minimum atomic E-state index is 0.134. The maximum absolute atomic E-state index is 5.98. The zero-order valence-electron chi connectivity index (χ0n) is 15.2. The molecule has 0 radical (unpaired) electrons. The first-order valence-corrected chi connectivity index (χ1v) is 9.45. The number of hydrogen-bond donors (Lipinski definition) is 1. The van der Waals surface area contributed by atoms with Crippen LogP contribution in [0.25, 0.3) is 0 Å². The molecule has 4 nitrogen and oxygen atoms in total. The van der Waals surface area contributed by atoms with E-state index in [2.05, 4.69) is 42.3 Å². The summed E-state index contributed by atoms with van der Waals surface area (Å²) in [6, 6.07) is 7.67. The molecule has 2 atom stereocenters. The van der Waals surface area contributed by atoms with Crippen LogP contribution in [-0.4, -0.2) is 37.4 Å². The van der Waals surface area contributed by atoms with Gasteiger partial charge in [-0.1, -0.05) is 12.8 Å². The predicted octanol–water partition coefficient (Wildman–Crippen LogP) is 3.74. The van der Waals surface area contributed by atoms with E-state index < -0.39 is 0 Å². The van der Waals surface area contributed by atoms with Gasteiger partial charge in [-0.05, 0) is 51.7 Å². The molecule has 0 unspecified atom stereocenters. The van der Waals surface area contributed by atoms with Crippen LogP contribution in [-0.2, 0) is 0 Å². The van der Waals surface area contributed by atoms with Gasteiger partial charge in [0.1, 0.15) is 0 Å². The number of methoxy groups -OCH3 is 1. The highest BCUT2D eigenvalue weighted by Gasteiger charge is 2.40. The van der Waals surface area contributed by atoms with E-state index in [1.807, 2.05) is 0 Å². The molecule has 0 amide bonds. The summed E-state index contributed by atoms with van der Waals surface area (Å²) in [6.45, 7) is 5.65. The van der Waals surface area contributed by atoms with E-state index >= 15 is 0 Å². The SMILES string of the molecule is COc1cc(N2CC(C)(C)N[C@H]3CCCC[C@@H]32)ccc1OC1CC1. The summed E-state index contributed by atoms with van der Waals surface area (Å²) in [5.41, 5.74) is 1.40. The fourth-order valence-corrected chi connectivity index (χ4v) is 4.32. The summed E-state index contributed by atoms with van der Waals surface area (Å²) in [4.78, 5) is 2.60. The van der Waals surface area contributed by atoms with Gasteiger partial charge in [0.2, 0.25) is 0 Å². The van der Waals surface area contributed by atoms with Crippen molar-refractivity contribution in [1.82, 2.24) is 5.32 Å². The Bertz CT molecular complexity index is 597. The molecule has 3 aliphatic rings. The van der Waals surface area contributed by atoms with Crippen LogP contribution in [0.2, 0.25) is 0 Å². The van der Waals surface area contributed by atoms with Gasteiger partial charge in [-0.25, -0.2) is 0 Å². The van der Waals surface area contributed by atoms with Crippen molar-refractivity contribution in [3.05, 3.63) is 18.2 Å². The summed E-state index contributed by atoms with van der Waals surface area (Å²) in [5, 5.41) is 3.87. The molecule has 4 rings (SSSR count). The Labute approximate surface area is 145 Å². The lowest BCUT2D eigenvalue weighted by molar-refractivity contribution is 0.199. The maximum Gasteiger partial charge on any atom is 0.162 e. The minimum absolute atomic E-state index is 0.134. The van der Waals surface area contributed by atoms with Crippen LogP contribution in [0.3, 0.4) is 0 Å². The van der Waals surface area contributed by atoms with E-state index in [4.69, 9.17) is 9.47 Å². The average molecular weight is 330 g/mol. The molecule has 2 aliphatic carbocycles. The van der Waals surface area contributed by atoms with Crippen molar-refractivity contribution in [2.45, 2.75) is 76.1 Å². The lowest BCUT2D eigenvalue weighted by Gasteiger charge is -2.52. The molecule has 1 saturated heterocycles. The number of piperazine rings is 1. The van der Waals surface area contributed by atoms with Gasteiger partial charge in [0.15, 0.2) is 11.5 Å². The first-order chi connectivity index (χ1) is 11.6. The predicted molar refractivity (Wildman–Crippen MR) is 97.2 cm³/mol. The van der Waals surface area contributed by atoms with Gasteiger partial charge in [0.05, 0.1) is 13.2 Å². The van der Waals surface area contributed by atoms with Crippen LogP contribution in [0.4, 0.5) is 5.69 Å². The summed E-state index contributed by atoms with van der Waals surface area (Å²) in [5.74, 6) is 1.75. The number of benzene rings is 1. The molecule has 0 spiro atoms. The molecule has 3 fully saturated rings. The van der Waals surface area contributed by atoms with Gasteiger partial charge in [-0.2, -0.15) is 0 Å². The number of ether oxygens (including phenoxy) is 2. The molecule has 1 heterocycles. The molecule has 4 heteroatoms. The number of nitrogens with one attached hydrogen (secondary N) is 1. The van der Waals surface area contributed by atoms with E-state index in [0.717, 1.165) is 18.0 Å². The minimum Gasteiger partial charge on any atom is -0.493 e. The van der Waals surface area contributed by atoms with Crippen molar-refractivity contribution in [2.24, 2.45) is 0 Å². The molecule has 1 N–H and O–H groups in total. The first-order valence-electron chi connectivity index (χ1n) is 9.45. The standard InChI is InChI=1S/C20H30N2O2/c1-20(2)13-22(17-7-5-4-6-16(17)21-20)14-8-11-18(19(12-14)23-3)24-15-9-10-15/h8,11-12,15-17,21H,4-7,9-10,13H2,1-3H3/t16-,17-/m0/s1. The molecule has 0 aromatic heterocycles. The molecule has 1 aliphatic heterocycles. The molecule has 132 valence electrons. The molecule has 1 aromatic carbocycles. The Morgan fingerprint density at radius 3 is 2.62 bits per heavy atom.